The van der Waals surface area contributed by atoms with E-state index < -0.39 is 0 Å². The Hall–Kier alpha value is -2.02. The first-order chi connectivity index (χ1) is 10.6. The molecular weight excluding hydrogens is 266 g/mol. The molecular formula is C21H23N. The van der Waals surface area contributed by atoms with Gasteiger partial charge >= 0.3 is 0 Å². The van der Waals surface area contributed by atoms with Crippen LogP contribution in [-0.4, -0.2) is 5.54 Å². The van der Waals surface area contributed by atoms with Gasteiger partial charge in [0.15, 0.2) is 0 Å². The molecule has 4 rings (SSSR count). The number of fused-ring (bicyclic) bond motifs is 3. The minimum absolute atomic E-state index is 0.00840. The fourth-order valence-corrected chi connectivity index (χ4v) is 4.17. The zero-order valence-electron chi connectivity index (χ0n) is 13.6. The second kappa shape index (κ2) is 4.74. The highest BCUT2D eigenvalue weighted by Gasteiger charge is 2.48. The number of allylic oxidation sites excluding steroid dienone is 6. The van der Waals surface area contributed by atoms with Crippen molar-refractivity contribution in [3.05, 3.63) is 77.6 Å². The lowest BCUT2D eigenvalue weighted by molar-refractivity contribution is 0.494. The van der Waals surface area contributed by atoms with Gasteiger partial charge in [-0.25, -0.2) is 0 Å². The van der Waals surface area contributed by atoms with E-state index in [0.29, 0.717) is 11.8 Å². The van der Waals surface area contributed by atoms with Gasteiger partial charge in [-0.2, -0.15) is 0 Å². The van der Waals surface area contributed by atoms with Crippen molar-refractivity contribution in [3.63, 3.8) is 0 Å². The lowest BCUT2D eigenvalue weighted by Crippen LogP contribution is -2.46. The molecule has 1 heterocycles. The maximum Gasteiger partial charge on any atom is 0.0709 e. The number of benzene rings is 1. The Bertz CT molecular complexity index is 734. The van der Waals surface area contributed by atoms with Crippen LogP contribution in [0.15, 0.2) is 72.0 Å². The van der Waals surface area contributed by atoms with Crippen LogP contribution in [0.1, 0.15) is 38.7 Å². The lowest BCUT2D eigenvalue weighted by atomic mass is 9.78. The zero-order chi connectivity index (χ0) is 15.3. The number of hydrogen-bond acceptors (Lipinski definition) is 1. The molecule has 2 unspecified atom stereocenters. The smallest absolute Gasteiger partial charge is 0.0709 e. The highest BCUT2D eigenvalue weighted by molar-refractivity contribution is 5.72. The maximum atomic E-state index is 2.58. The third-order valence-electron chi connectivity index (χ3n) is 5.39. The van der Waals surface area contributed by atoms with Crippen molar-refractivity contribution < 1.29 is 0 Å². The van der Waals surface area contributed by atoms with Crippen LogP contribution in [0.5, 0.6) is 0 Å². The largest absolute Gasteiger partial charge is 0.334 e. The van der Waals surface area contributed by atoms with E-state index in [-0.39, 0.29) is 5.54 Å². The van der Waals surface area contributed by atoms with E-state index in [4.69, 9.17) is 0 Å². The molecule has 1 aliphatic heterocycles. The summed E-state index contributed by atoms with van der Waals surface area (Å²) in [5.41, 5.74) is 5.65. The Balaban J connectivity index is 1.93. The Labute approximate surface area is 133 Å². The first-order valence-electron chi connectivity index (χ1n) is 8.25. The highest BCUT2D eigenvalue weighted by atomic mass is 15.2. The van der Waals surface area contributed by atoms with Gasteiger partial charge in [-0.15, -0.1) is 0 Å². The van der Waals surface area contributed by atoms with Gasteiger partial charge in [0, 0.05) is 17.3 Å². The standard InChI is InChI=1S/C21H23N/c1-15-12-13-21(3)18(14-15)17-9-5-7-11-20(17)22(21)19-10-6-4-8-16(19)2/h4-7,9-14,16,18H,8H2,1-3H3/t16?,18?,21-/m0/s1. The molecule has 1 nitrogen and oxygen atoms in total. The maximum absolute atomic E-state index is 2.58. The molecule has 0 amide bonds. The van der Waals surface area contributed by atoms with Crippen molar-refractivity contribution in [2.45, 2.75) is 38.6 Å². The quantitative estimate of drug-likeness (QED) is 0.674. The van der Waals surface area contributed by atoms with Gasteiger partial charge in [-0.3, -0.25) is 0 Å². The van der Waals surface area contributed by atoms with Gasteiger partial charge in [0.25, 0.3) is 0 Å². The van der Waals surface area contributed by atoms with Crippen molar-refractivity contribution in [1.29, 1.82) is 0 Å². The molecule has 2 aliphatic carbocycles. The minimum atomic E-state index is 0.00840. The number of para-hydroxylation sites is 1. The molecule has 3 aliphatic rings. The number of hydrogen-bond donors (Lipinski definition) is 0. The summed E-state index contributed by atoms with van der Waals surface area (Å²) in [4.78, 5) is 2.58. The number of anilines is 1. The Morgan fingerprint density at radius 1 is 1.23 bits per heavy atom. The first-order valence-corrected chi connectivity index (χ1v) is 8.25. The molecule has 112 valence electrons. The molecule has 0 radical (unpaired) electrons. The van der Waals surface area contributed by atoms with Crippen molar-refractivity contribution in [2.75, 3.05) is 4.90 Å². The SMILES string of the molecule is CC1=CC2c3ccccc3N(C3=CC=CCC3C)[C@@]2(C)C=C1. The summed E-state index contributed by atoms with van der Waals surface area (Å²) in [6.07, 6.45) is 15.0. The Kier molecular flexibility index (Phi) is 2.94. The van der Waals surface area contributed by atoms with Gasteiger partial charge in [-0.05, 0) is 43.9 Å². The van der Waals surface area contributed by atoms with Crippen molar-refractivity contribution >= 4 is 5.69 Å². The molecule has 3 atom stereocenters. The van der Waals surface area contributed by atoms with Crippen LogP contribution in [0.2, 0.25) is 0 Å². The second-order valence-corrected chi connectivity index (χ2v) is 7.00. The molecule has 0 bridgehead atoms. The molecule has 0 N–H and O–H groups in total. The molecule has 0 saturated heterocycles. The summed E-state index contributed by atoms with van der Waals surface area (Å²) < 4.78 is 0. The van der Waals surface area contributed by atoms with Crippen molar-refractivity contribution in [3.8, 4) is 0 Å². The van der Waals surface area contributed by atoms with Gasteiger partial charge in [-0.1, -0.05) is 61.1 Å². The summed E-state index contributed by atoms with van der Waals surface area (Å²) in [7, 11) is 0. The molecule has 1 aromatic rings. The zero-order valence-corrected chi connectivity index (χ0v) is 13.6. The molecule has 1 heteroatoms. The first kappa shape index (κ1) is 13.6. The van der Waals surface area contributed by atoms with E-state index in [1.807, 2.05) is 0 Å². The monoisotopic (exact) mass is 289 g/mol. The summed E-state index contributed by atoms with van der Waals surface area (Å²) >= 11 is 0. The van der Waals surface area contributed by atoms with Crippen LogP contribution in [0.4, 0.5) is 5.69 Å². The molecule has 0 saturated carbocycles. The van der Waals surface area contributed by atoms with Crippen molar-refractivity contribution in [1.82, 2.24) is 0 Å². The fourth-order valence-electron chi connectivity index (χ4n) is 4.17. The van der Waals surface area contributed by atoms with Crippen LogP contribution < -0.4 is 4.90 Å². The third kappa shape index (κ3) is 1.78. The molecule has 1 aromatic carbocycles. The highest BCUT2D eigenvalue weighted by Crippen LogP contribution is 2.53. The third-order valence-corrected chi connectivity index (χ3v) is 5.39. The molecule has 0 aromatic heterocycles. The van der Waals surface area contributed by atoms with E-state index in [1.54, 1.807) is 0 Å². The van der Waals surface area contributed by atoms with Gasteiger partial charge in [0.2, 0.25) is 0 Å². The lowest BCUT2D eigenvalue weighted by Gasteiger charge is -2.43. The van der Waals surface area contributed by atoms with Crippen LogP contribution >= 0.6 is 0 Å². The van der Waals surface area contributed by atoms with E-state index in [9.17, 15) is 0 Å². The molecule has 22 heavy (non-hydrogen) atoms. The van der Waals surface area contributed by atoms with Crippen LogP contribution in [-0.2, 0) is 0 Å². The van der Waals surface area contributed by atoms with E-state index in [0.717, 1.165) is 6.42 Å². The summed E-state index contributed by atoms with van der Waals surface area (Å²) in [6, 6.07) is 8.91. The van der Waals surface area contributed by atoms with E-state index in [2.05, 4.69) is 86.4 Å². The summed E-state index contributed by atoms with van der Waals surface area (Å²) in [5, 5.41) is 0. The van der Waals surface area contributed by atoms with Gasteiger partial charge < -0.3 is 4.90 Å². The topological polar surface area (TPSA) is 3.24 Å². The normalized spacial score (nSPS) is 32.4. The second-order valence-electron chi connectivity index (χ2n) is 7.00. The number of rotatable bonds is 1. The van der Waals surface area contributed by atoms with Gasteiger partial charge in [0.1, 0.15) is 0 Å². The predicted octanol–water partition coefficient (Wildman–Crippen LogP) is 5.34. The molecule has 0 fully saturated rings. The Morgan fingerprint density at radius 3 is 2.86 bits per heavy atom. The van der Waals surface area contributed by atoms with Crippen LogP contribution in [0.3, 0.4) is 0 Å². The van der Waals surface area contributed by atoms with E-state index >= 15 is 0 Å². The van der Waals surface area contributed by atoms with E-state index in [1.165, 1.54) is 22.5 Å². The van der Waals surface area contributed by atoms with Crippen LogP contribution in [0, 0.1) is 5.92 Å². The minimum Gasteiger partial charge on any atom is -0.334 e. The average Bonchev–Trinajstić information content (AvgIpc) is 2.77. The van der Waals surface area contributed by atoms with Crippen molar-refractivity contribution in [2.24, 2.45) is 5.92 Å². The van der Waals surface area contributed by atoms with Crippen LogP contribution in [0.25, 0.3) is 0 Å². The average molecular weight is 289 g/mol. The predicted molar refractivity (Wildman–Crippen MR) is 94.0 cm³/mol. The van der Waals surface area contributed by atoms with Gasteiger partial charge in [0.05, 0.1) is 5.54 Å². The number of nitrogens with zero attached hydrogens (tertiary/aromatic N) is 1. The fraction of sp³-hybridized carbons (Fsp3) is 0.333. The summed E-state index contributed by atoms with van der Waals surface area (Å²) in [6.45, 7) is 6.91. The Morgan fingerprint density at radius 2 is 2.05 bits per heavy atom. The molecule has 0 spiro atoms. The summed E-state index contributed by atoms with van der Waals surface area (Å²) in [5.74, 6) is 1.00.